The predicted octanol–water partition coefficient (Wildman–Crippen LogP) is 2.89. The molecule has 0 spiro atoms. The van der Waals surface area contributed by atoms with Crippen molar-refractivity contribution in [2.45, 2.75) is 6.18 Å². The lowest BCUT2D eigenvalue weighted by Gasteiger charge is -2.09. The Kier molecular flexibility index (Phi) is 2.50. The minimum Gasteiger partial charge on any atom is -0.398 e. The molecule has 1 nitrogen and oxygen atoms in total. The fourth-order valence-corrected chi connectivity index (χ4v) is 1.31. The van der Waals surface area contributed by atoms with Gasteiger partial charge in [-0.25, -0.2) is 0 Å². The monoisotopic (exact) mass is 287 g/mol. The third-order valence-electron chi connectivity index (χ3n) is 1.32. The molecule has 1 rings (SSSR count). The van der Waals surface area contributed by atoms with Crippen molar-refractivity contribution in [3.05, 3.63) is 27.3 Å². The third kappa shape index (κ3) is 2.02. The van der Waals surface area contributed by atoms with E-state index in [4.69, 9.17) is 5.73 Å². The summed E-state index contributed by atoms with van der Waals surface area (Å²) in [6.07, 6.45) is -4.35. The van der Waals surface area contributed by atoms with Crippen molar-refractivity contribution in [1.29, 1.82) is 0 Å². The zero-order chi connectivity index (χ0) is 9.35. The molecule has 0 amide bonds. The van der Waals surface area contributed by atoms with Crippen LogP contribution in [0.4, 0.5) is 18.9 Å². The normalized spacial score (nSPS) is 11.7. The van der Waals surface area contributed by atoms with Crippen molar-refractivity contribution in [1.82, 2.24) is 0 Å². The number of alkyl halides is 3. The van der Waals surface area contributed by atoms with Crippen molar-refractivity contribution in [2.75, 3.05) is 5.73 Å². The number of hydrogen-bond acceptors (Lipinski definition) is 1. The van der Waals surface area contributed by atoms with Crippen LogP contribution in [-0.2, 0) is 6.18 Å². The van der Waals surface area contributed by atoms with Crippen LogP contribution in [0.25, 0.3) is 0 Å². The van der Waals surface area contributed by atoms with Crippen LogP contribution < -0.4 is 5.73 Å². The van der Waals surface area contributed by atoms with Crippen molar-refractivity contribution in [2.24, 2.45) is 0 Å². The van der Waals surface area contributed by atoms with Gasteiger partial charge in [0, 0.05) is 9.26 Å². The van der Waals surface area contributed by atoms with Crippen LogP contribution in [0, 0.1) is 3.57 Å². The van der Waals surface area contributed by atoms with Gasteiger partial charge in [0.05, 0.1) is 5.56 Å². The van der Waals surface area contributed by atoms with E-state index in [-0.39, 0.29) is 5.69 Å². The first-order valence-corrected chi connectivity index (χ1v) is 4.11. The summed E-state index contributed by atoms with van der Waals surface area (Å²) in [4.78, 5) is 0. The Hall–Kier alpha value is -0.460. The molecule has 0 fully saturated rings. The van der Waals surface area contributed by atoms with Gasteiger partial charge in [-0.1, -0.05) is 0 Å². The summed E-state index contributed by atoms with van der Waals surface area (Å²) in [5.41, 5.74) is 4.18. The lowest BCUT2D eigenvalue weighted by molar-refractivity contribution is -0.136. The van der Waals surface area contributed by atoms with Gasteiger partial charge < -0.3 is 5.73 Å². The molecule has 0 bridgehead atoms. The van der Waals surface area contributed by atoms with Gasteiger partial charge in [-0.3, -0.25) is 0 Å². The molecular weight excluding hydrogens is 282 g/mol. The number of benzene rings is 1. The number of hydrogen-bond donors (Lipinski definition) is 1. The van der Waals surface area contributed by atoms with Gasteiger partial charge >= 0.3 is 6.18 Å². The molecule has 2 N–H and O–H groups in total. The Morgan fingerprint density at radius 3 is 2.25 bits per heavy atom. The standard InChI is InChI=1S/C7H5F3IN/c8-7(9,10)5-2-1-4(11)3-6(5)12/h1-3H,12H2. The quantitative estimate of drug-likeness (QED) is 0.576. The van der Waals surface area contributed by atoms with Crippen LogP contribution in [0.1, 0.15) is 5.56 Å². The van der Waals surface area contributed by atoms with E-state index in [2.05, 4.69) is 0 Å². The fraction of sp³-hybridized carbons (Fsp3) is 0.143. The van der Waals surface area contributed by atoms with Gasteiger partial charge in [-0.2, -0.15) is 13.2 Å². The van der Waals surface area contributed by atoms with Crippen LogP contribution in [0.15, 0.2) is 18.2 Å². The van der Waals surface area contributed by atoms with Crippen LogP contribution in [-0.4, -0.2) is 0 Å². The van der Waals surface area contributed by atoms with Gasteiger partial charge in [-0.05, 0) is 40.8 Å². The van der Waals surface area contributed by atoms with Crippen molar-refractivity contribution in [3.63, 3.8) is 0 Å². The molecule has 66 valence electrons. The SMILES string of the molecule is Nc1cc(I)ccc1C(F)(F)F. The fourth-order valence-electron chi connectivity index (χ4n) is 0.792. The topological polar surface area (TPSA) is 26.0 Å². The average molecular weight is 287 g/mol. The Morgan fingerprint density at radius 1 is 1.25 bits per heavy atom. The minimum atomic E-state index is -4.35. The summed E-state index contributed by atoms with van der Waals surface area (Å²) in [6.45, 7) is 0. The predicted molar refractivity (Wildman–Crippen MR) is 48.6 cm³/mol. The van der Waals surface area contributed by atoms with E-state index in [1.807, 2.05) is 22.6 Å². The highest BCUT2D eigenvalue weighted by atomic mass is 127. The van der Waals surface area contributed by atoms with Crippen LogP contribution in [0.3, 0.4) is 0 Å². The maximum atomic E-state index is 12.1. The highest BCUT2D eigenvalue weighted by Crippen LogP contribution is 2.33. The number of nitrogens with two attached hydrogens (primary N) is 1. The maximum Gasteiger partial charge on any atom is 0.418 e. The Balaban J connectivity index is 3.19. The van der Waals surface area contributed by atoms with E-state index < -0.39 is 11.7 Å². The molecule has 0 unspecified atom stereocenters. The molecule has 1 aromatic carbocycles. The van der Waals surface area contributed by atoms with E-state index in [1.165, 1.54) is 12.1 Å². The van der Waals surface area contributed by atoms with Crippen molar-refractivity contribution >= 4 is 28.3 Å². The van der Waals surface area contributed by atoms with Crippen LogP contribution in [0.2, 0.25) is 0 Å². The van der Waals surface area contributed by atoms with E-state index >= 15 is 0 Å². The molecule has 0 radical (unpaired) electrons. The zero-order valence-electron chi connectivity index (χ0n) is 5.82. The maximum absolute atomic E-state index is 12.1. The van der Waals surface area contributed by atoms with Crippen molar-refractivity contribution in [3.8, 4) is 0 Å². The summed E-state index contributed by atoms with van der Waals surface area (Å²) in [5, 5.41) is 0. The van der Waals surface area contributed by atoms with Gasteiger partial charge in [-0.15, -0.1) is 0 Å². The molecule has 0 saturated heterocycles. The molecule has 0 heterocycles. The Labute approximate surface area is 80.9 Å². The van der Waals surface area contributed by atoms with E-state index in [0.29, 0.717) is 3.57 Å². The molecule has 0 aliphatic heterocycles. The van der Waals surface area contributed by atoms with Crippen molar-refractivity contribution < 1.29 is 13.2 Å². The Bertz CT molecular complexity index is 295. The smallest absolute Gasteiger partial charge is 0.398 e. The number of halogens is 4. The van der Waals surface area contributed by atoms with Gasteiger partial charge in [0.1, 0.15) is 0 Å². The molecule has 12 heavy (non-hydrogen) atoms. The molecule has 5 heteroatoms. The molecular formula is C7H5F3IN. The molecule has 0 aliphatic carbocycles. The first-order valence-electron chi connectivity index (χ1n) is 3.03. The van der Waals surface area contributed by atoms with Crippen LogP contribution in [0.5, 0.6) is 0 Å². The summed E-state index contributed by atoms with van der Waals surface area (Å²) >= 11 is 1.90. The minimum absolute atomic E-state index is 0.227. The Morgan fingerprint density at radius 2 is 1.83 bits per heavy atom. The summed E-state index contributed by atoms with van der Waals surface area (Å²) in [5.74, 6) is 0. The molecule has 0 saturated carbocycles. The highest BCUT2D eigenvalue weighted by Gasteiger charge is 2.32. The molecule has 0 aromatic heterocycles. The van der Waals surface area contributed by atoms with Gasteiger partial charge in [0.25, 0.3) is 0 Å². The molecule has 1 aromatic rings. The second-order valence-electron chi connectivity index (χ2n) is 2.23. The van der Waals surface area contributed by atoms with Gasteiger partial charge in [0.2, 0.25) is 0 Å². The first-order chi connectivity index (χ1) is 5.41. The number of nitrogen functional groups attached to an aromatic ring is 1. The largest absolute Gasteiger partial charge is 0.418 e. The van der Waals surface area contributed by atoms with Gasteiger partial charge in [0.15, 0.2) is 0 Å². The average Bonchev–Trinajstić information content (AvgIpc) is 1.83. The molecule has 0 aliphatic rings. The summed E-state index contributed by atoms with van der Waals surface area (Å²) in [6, 6.07) is 3.65. The second kappa shape index (κ2) is 3.12. The third-order valence-corrected chi connectivity index (χ3v) is 1.99. The lowest BCUT2D eigenvalue weighted by atomic mass is 10.2. The zero-order valence-corrected chi connectivity index (χ0v) is 7.98. The number of rotatable bonds is 0. The summed E-state index contributed by atoms with van der Waals surface area (Å²) < 4.78 is 37.0. The van der Waals surface area contributed by atoms with Crippen LogP contribution >= 0.6 is 22.6 Å². The highest BCUT2D eigenvalue weighted by molar-refractivity contribution is 14.1. The first kappa shape index (κ1) is 9.63. The van der Waals surface area contributed by atoms with E-state index in [9.17, 15) is 13.2 Å². The van der Waals surface area contributed by atoms with E-state index in [1.54, 1.807) is 0 Å². The summed E-state index contributed by atoms with van der Waals surface area (Å²) in [7, 11) is 0. The lowest BCUT2D eigenvalue weighted by Crippen LogP contribution is -2.08. The molecule has 0 atom stereocenters. The number of anilines is 1. The second-order valence-corrected chi connectivity index (χ2v) is 3.47. The van der Waals surface area contributed by atoms with E-state index in [0.717, 1.165) is 6.07 Å².